The van der Waals surface area contributed by atoms with Crippen LogP contribution < -0.4 is 0 Å². The first-order chi connectivity index (χ1) is 38.1. The molecule has 1 saturated carbocycles. The topological polar surface area (TPSA) is 188 Å². The standard InChI is InChI=1S/C63H117NO15Si3/c1-25-48(32-42(10)31-43(11)33-54(70-19)58-55(71-20)35-45(13)63(68,75-58)59(65)61(67)73-22)52-37-51(77-81(38(2)3,39(4)5)79-82(78-52,40(6)7)41(8)9)46(14)57(74-60(66)49-27-26-28-56(64-49)72-21)44(12)34-47-29-30-50(53(36-47)69-18)76-80(23,24)62(15,16)17/h32,34,38-41,43,45-55,57-59,65,68H,25-31,33,35-37H2,1-24H3/b42-32+,44-34+/t43-,45+,46+,47-,48+,49-,50+,51-,52-,53+,54-,55-,57+,58+,59?,63?/m0/s1. The molecule has 2 unspecified atom stereocenters. The van der Waals surface area contributed by atoms with Crippen LogP contribution in [0, 0.1) is 29.6 Å². The second-order valence-corrected chi connectivity index (χ2v) is 41.4. The average Bonchev–Trinajstić information content (AvgIpc) is 3.39. The smallest absolute Gasteiger partial charge is 0.340 e. The Kier molecular flexibility index (Phi) is 27.3. The number of aliphatic hydroxyl groups excluding tert-OH is 1. The van der Waals surface area contributed by atoms with Crippen molar-refractivity contribution in [1.29, 1.82) is 0 Å². The lowest BCUT2D eigenvalue weighted by atomic mass is 9.81. The third-order valence-electron chi connectivity index (χ3n) is 19.5. The van der Waals surface area contributed by atoms with Gasteiger partial charge in [-0.1, -0.05) is 122 Å². The minimum absolute atomic E-state index is 0.0120. The molecule has 82 heavy (non-hydrogen) atoms. The predicted molar refractivity (Wildman–Crippen MR) is 332 cm³/mol. The zero-order chi connectivity index (χ0) is 62.0. The minimum atomic E-state index is -3.16. The molecule has 0 amide bonds. The number of hydrogen-bond donors (Lipinski definition) is 2. The summed E-state index contributed by atoms with van der Waals surface area (Å²) in [7, 11) is -0.528. The molecule has 1 aliphatic carbocycles. The summed E-state index contributed by atoms with van der Waals surface area (Å²) < 4.78 is 72.6. The van der Waals surface area contributed by atoms with E-state index < -0.39 is 85.8 Å². The number of methoxy groups -OCH3 is 5. The maximum atomic E-state index is 14.7. The highest BCUT2D eigenvalue weighted by molar-refractivity contribution is 6.84. The summed E-state index contributed by atoms with van der Waals surface area (Å²) in [5.41, 5.74) is 2.56. The maximum Gasteiger partial charge on any atom is 0.340 e. The highest BCUT2D eigenvalue weighted by Gasteiger charge is 2.61. The van der Waals surface area contributed by atoms with Crippen LogP contribution in [0.5, 0.6) is 0 Å². The normalized spacial score (nSPS) is 31.1. The fourth-order valence-corrected chi connectivity index (χ4v) is 26.2. The van der Waals surface area contributed by atoms with E-state index >= 15 is 0 Å². The number of carbonyl (C=O) groups excluding carboxylic acids is 2. The van der Waals surface area contributed by atoms with Crippen molar-refractivity contribution in [1.82, 2.24) is 0 Å². The highest BCUT2D eigenvalue weighted by atomic mass is 28.5. The average molecular weight is 1210 g/mol. The van der Waals surface area contributed by atoms with E-state index in [2.05, 4.69) is 136 Å². The third-order valence-corrected chi connectivity index (χ3v) is 34.3. The van der Waals surface area contributed by atoms with E-state index in [0.29, 0.717) is 38.0 Å². The molecule has 3 heterocycles. The molecule has 3 fully saturated rings. The molecule has 476 valence electrons. The molecule has 16 atom stereocenters. The summed E-state index contributed by atoms with van der Waals surface area (Å²) in [4.78, 5) is 31.9. The molecular formula is C63H117NO15Si3. The number of esters is 2. The van der Waals surface area contributed by atoms with Crippen molar-refractivity contribution in [2.45, 2.75) is 295 Å². The van der Waals surface area contributed by atoms with E-state index in [9.17, 15) is 19.8 Å². The van der Waals surface area contributed by atoms with Gasteiger partial charge in [0.25, 0.3) is 0 Å². The minimum Gasteiger partial charge on any atom is -0.484 e. The van der Waals surface area contributed by atoms with Gasteiger partial charge in [0.05, 0.1) is 50.8 Å². The molecule has 0 radical (unpaired) electrons. The van der Waals surface area contributed by atoms with Crippen LogP contribution in [-0.2, 0) is 60.1 Å². The first-order valence-corrected chi connectivity index (χ1v) is 38.2. The van der Waals surface area contributed by atoms with Gasteiger partial charge in [0.2, 0.25) is 11.9 Å². The molecule has 0 aromatic rings. The summed E-state index contributed by atoms with van der Waals surface area (Å²) in [6, 6.07) is -0.671. The Balaban J connectivity index is 1.81. The number of aliphatic imine (C=N–C) groups is 1. The molecule has 0 aromatic heterocycles. The van der Waals surface area contributed by atoms with Crippen molar-refractivity contribution in [3.63, 3.8) is 0 Å². The fraction of sp³-hybridized carbons (Fsp3) is 0.889. The van der Waals surface area contributed by atoms with Crippen LogP contribution in [0.4, 0.5) is 0 Å². The lowest BCUT2D eigenvalue weighted by Crippen LogP contribution is -2.66. The van der Waals surface area contributed by atoms with Gasteiger partial charge in [-0.25, -0.2) is 14.6 Å². The van der Waals surface area contributed by atoms with Gasteiger partial charge in [-0.2, -0.15) is 0 Å². The van der Waals surface area contributed by atoms with E-state index in [1.807, 2.05) is 0 Å². The van der Waals surface area contributed by atoms with Gasteiger partial charge < -0.3 is 60.8 Å². The summed E-state index contributed by atoms with van der Waals surface area (Å²) in [5.74, 6) is -3.70. The second kappa shape index (κ2) is 30.9. The SMILES string of the molecule is CC[C@H](/C=C(\C)C[C@H](C)C[C@H](OC)[C@H]1OC(O)(C(O)C(=O)OC)[C@H](C)C[C@@H]1OC)[C@@H]1C[C@@H]([C@@H](C)[C@H](OC(=O)[C@@H]2CCCC(OC)=N2)/C(C)=C/[C@@H]2CC[C@@H](O[Si](C)(C)C(C)(C)C)[C@H](OC)C2)O[Si](C(C)C)(C(C)C)O[Si](C(C)C)(C(C)C)O1. The van der Waals surface area contributed by atoms with Crippen molar-refractivity contribution in [3.8, 4) is 0 Å². The molecular weight excluding hydrogens is 1090 g/mol. The first kappa shape index (κ1) is 72.6. The first-order valence-electron chi connectivity index (χ1n) is 31.3. The number of aliphatic hydroxyl groups is 2. The van der Waals surface area contributed by atoms with Crippen LogP contribution in [0.15, 0.2) is 28.3 Å². The van der Waals surface area contributed by atoms with E-state index in [1.54, 1.807) is 35.4 Å². The third kappa shape index (κ3) is 17.3. The van der Waals surface area contributed by atoms with Crippen molar-refractivity contribution >= 4 is 43.3 Å². The molecule has 0 spiro atoms. The zero-order valence-corrected chi connectivity index (χ0v) is 58.6. The molecule has 4 rings (SSSR count). The number of nitrogens with zero attached hydrogens (tertiary/aromatic N) is 1. The van der Waals surface area contributed by atoms with Crippen molar-refractivity contribution in [2.24, 2.45) is 34.6 Å². The van der Waals surface area contributed by atoms with E-state index in [0.717, 1.165) is 51.2 Å². The van der Waals surface area contributed by atoms with Crippen LogP contribution in [-0.4, -0.2) is 156 Å². The largest absolute Gasteiger partial charge is 0.484 e. The molecule has 4 aliphatic rings. The fourth-order valence-electron chi connectivity index (χ4n) is 13.3. The number of hydrogen-bond acceptors (Lipinski definition) is 16. The molecule has 19 heteroatoms. The van der Waals surface area contributed by atoms with Crippen LogP contribution in [0.1, 0.15) is 188 Å². The van der Waals surface area contributed by atoms with Gasteiger partial charge in [-0.15, -0.1) is 0 Å². The van der Waals surface area contributed by atoms with Gasteiger partial charge in [0, 0.05) is 45.5 Å². The monoisotopic (exact) mass is 1210 g/mol. The zero-order valence-electron chi connectivity index (χ0n) is 55.6. The van der Waals surface area contributed by atoms with Crippen molar-refractivity contribution in [2.75, 3.05) is 35.5 Å². The number of ether oxygens (including phenoxy) is 7. The Labute approximate surface area is 500 Å². The van der Waals surface area contributed by atoms with Crippen LogP contribution >= 0.6 is 0 Å². The van der Waals surface area contributed by atoms with Crippen LogP contribution in [0.2, 0.25) is 40.3 Å². The Morgan fingerprint density at radius 1 is 0.829 bits per heavy atom. The van der Waals surface area contributed by atoms with Crippen molar-refractivity contribution in [3.05, 3.63) is 23.3 Å². The summed E-state index contributed by atoms with van der Waals surface area (Å²) in [6.07, 6.45) is 7.20. The summed E-state index contributed by atoms with van der Waals surface area (Å²) in [5, 5.41) is 22.7. The number of allylic oxidation sites excluding steroid dienone is 2. The molecule has 0 aromatic carbocycles. The quantitative estimate of drug-likeness (QED) is 0.0499. The lowest BCUT2D eigenvalue weighted by molar-refractivity contribution is -0.347. The number of carbonyl (C=O) groups is 2. The van der Waals surface area contributed by atoms with E-state index in [1.165, 1.54) is 5.57 Å². The summed E-state index contributed by atoms with van der Waals surface area (Å²) in [6.45, 7) is 42.1. The highest BCUT2D eigenvalue weighted by Crippen LogP contribution is 2.50. The predicted octanol–water partition coefficient (Wildman–Crippen LogP) is 13.1. The van der Waals surface area contributed by atoms with Crippen LogP contribution in [0.25, 0.3) is 0 Å². The Morgan fingerprint density at radius 2 is 1.41 bits per heavy atom. The molecule has 2 saturated heterocycles. The summed E-state index contributed by atoms with van der Waals surface area (Å²) >= 11 is 0. The van der Waals surface area contributed by atoms with Gasteiger partial charge in [-0.05, 0) is 136 Å². The van der Waals surface area contributed by atoms with Gasteiger partial charge >= 0.3 is 29.1 Å². The van der Waals surface area contributed by atoms with Crippen LogP contribution in [0.3, 0.4) is 0 Å². The maximum absolute atomic E-state index is 14.7. The molecule has 3 aliphatic heterocycles. The van der Waals surface area contributed by atoms with Gasteiger partial charge in [0.15, 0.2) is 20.3 Å². The Hall–Kier alpha value is -1.86. The Bertz CT molecular complexity index is 2100. The lowest BCUT2D eigenvalue weighted by Gasteiger charge is -2.54. The van der Waals surface area contributed by atoms with Gasteiger partial charge in [-0.3, -0.25) is 0 Å². The number of rotatable bonds is 25. The van der Waals surface area contributed by atoms with Gasteiger partial charge in [0.1, 0.15) is 12.2 Å². The Morgan fingerprint density at radius 3 is 1.93 bits per heavy atom. The van der Waals surface area contributed by atoms with Crippen molar-refractivity contribution < 1.29 is 70.4 Å². The van der Waals surface area contributed by atoms with E-state index in [4.69, 9.17) is 55.5 Å². The molecule has 0 bridgehead atoms. The molecule has 2 N–H and O–H groups in total. The van der Waals surface area contributed by atoms with E-state index in [-0.39, 0.29) is 75.2 Å². The molecule has 16 nitrogen and oxygen atoms in total. The second-order valence-electron chi connectivity index (χ2n) is 27.8.